The van der Waals surface area contributed by atoms with Gasteiger partial charge in [-0.05, 0) is 23.8 Å². The number of hydrogen-bond donors (Lipinski definition) is 2. The van der Waals surface area contributed by atoms with Gasteiger partial charge in [-0.1, -0.05) is 54.6 Å². The maximum atomic E-state index is 13.7. The van der Waals surface area contributed by atoms with Gasteiger partial charge in [-0.15, -0.1) is 0 Å². The summed E-state index contributed by atoms with van der Waals surface area (Å²) in [5, 5.41) is 15.1. The number of ether oxygens (including phenoxy) is 1. The average Bonchev–Trinajstić information content (AvgIpc) is 3.28. The first-order chi connectivity index (χ1) is 17.4. The second kappa shape index (κ2) is 7.91. The number of methoxy groups -OCH3 is 1. The molecule has 36 heavy (non-hydrogen) atoms. The van der Waals surface area contributed by atoms with E-state index in [0.29, 0.717) is 33.6 Å². The third-order valence-corrected chi connectivity index (χ3v) is 6.94. The summed E-state index contributed by atoms with van der Waals surface area (Å²) in [5.74, 6) is 0.330. The third-order valence-electron chi connectivity index (χ3n) is 6.94. The van der Waals surface area contributed by atoms with Crippen LogP contribution in [0.15, 0.2) is 82.4 Å². The molecular formula is C28H24N4O4. The highest BCUT2D eigenvalue weighted by molar-refractivity contribution is 5.99. The topological polar surface area (TPSA) is 90.4 Å². The highest BCUT2D eigenvalue weighted by Gasteiger charge is 2.36. The molecule has 0 saturated heterocycles. The molecule has 1 aliphatic rings. The molecule has 1 atom stereocenters. The molecule has 0 spiro atoms. The van der Waals surface area contributed by atoms with Crippen molar-refractivity contribution >= 4 is 16.6 Å². The first-order valence-electron chi connectivity index (χ1n) is 11.6. The quantitative estimate of drug-likeness (QED) is 0.409. The number of hydrogen-bond acceptors (Lipinski definition) is 5. The summed E-state index contributed by atoms with van der Waals surface area (Å²) in [6.07, 6.45) is 0. The van der Waals surface area contributed by atoms with Crippen molar-refractivity contribution in [3.63, 3.8) is 0 Å². The lowest BCUT2D eigenvalue weighted by atomic mass is 9.98. The van der Waals surface area contributed by atoms with Gasteiger partial charge in [0.15, 0.2) is 11.5 Å². The Bertz CT molecular complexity index is 1780. The van der Waals surface area contributed by atoms with E-state index in [2.05, 4.69) is 5.32 Å². The van der Waals surface area contributed by atoms with Gasteiger partial charge < -0.3 is 19.7 Å². The van der Waals surface area contributed by atoms with E-state index in [9.17, 15) is 14.7 Å². The molecule has 0 amide bonds. The molecule has 0 unspecified atom stereocenters. The van der Waals surface area contributed by atoms with Crippen molar-refractivity contribution in [1.29, 1.82) is 0 Å². The Labute approximate surface area is 206 Å². The van der Waals surface area contributed by atoms with Crippen molar-refractivity contribution in [3.8, 4) is 28.4 Å². The standard InChI is InChI=1S/C28H24N4O4/c1-30-24-21(27(34)31(2)28(30)35)23(16-10-5-4-6-11-16)32-19-14-8-7-13-18(19)29-22(25(24)32)17-12-9-15-20(36-3)26(17)33/h4-15,22,29,33H,1-3H3/t22-/m0/s1. The Kier molecular flexibility index (Phi) is 4.79. The second-order valence-corrected chi connectivity index (χ2v) is 8.86. The summed E-state index contributed by atoms with van der Waals surface area (Å²) in [5.41, 5.74) is 4.17. The van der Waals surface area contributed by atoms with Gasteiger partial charge in [-0.2, -0.15) is 0 Å². The molecule has 1 aliphatic heterocycles. The predicted octanol–water partition coefficient (Wildman–Crippen LogP) is 3.92. The largest absolute Gasteiger partial charge is 0.504 e. The maximum Gasteiger partial charge on any atom is 0.331 e. The molecule has 6 rings (SSSR count). The van der Waals surface area contributed by atoms with E-state index in [1.165, 1.54) is 18.7 Å². The van der Waals surface area contributed by atoms with Crippen LogP contribution in [0.25, 0.3) is 27.8 Å². The molecular weight excluding hydrogens is 456 g/mol. The van der Waals surface area contributed by atoms with Gasteiger partial charge >= 0.3 is 5.69 Å². The second-order valence-electron chi connectivity index (χ2n) is 8.86. The lowest BCUT2D eigenvalue weighted by molar-refractivity contribution is 0.370. The molecule has 2 aromatic heterocycles. The highest BCUT2D eigenvalue weighted by Crippen LogP contribution is 2.47. The Balaban J connectivity index is 1.86. The fourth-order valence-electron chi connectivity index (χ4n) is 5.26. The number of rotatable bonds is 3. The lowest BCUT2D eigenvalue weighted by Crippen LogP contribution is -2.37. The summed E-state index contributed by atoms with van der Waals surface area (Å²) in [6, 6.07) is 22.2. The van der Waals surface area contributed by atoms with Gasteiger partial charge in [0, 0.05) is 19.7 Å². The number of nitrogens with one attached hydrogen (secondary N) is 1. The smallest absolute Gasteiger partial charge is 0.331 e. The van der Waals surface area contributed by atoms with E-state index in [-0.39, 0.29) is 11.3 Å². The fourth-order valence-corrected chi connectivity index (χ4v) is 5.26. The van der Waals surface area contributed by atoms with Crippen molar-refractivity contribution in [1.82, 2.24) is 13.7 Å². The van der Waals surface area contributed by atoms with E-state index in [0.717, 1.165) is 21.5 Å². The Hall–Kier alpha value is -4.72. The maximum absolute atomic E-state index is 13.7. The molecule has 8 heteroatoms. The van der Waals surface area contributed by atoms with Gasteiger partial charge in [0.2, 0.25) is 0 Å². The van der Waals surface area contributed by atoms with Crippen LogP contribution in [0, 0.1) is 0 Å². The number of aromatic nitrogens is 3. The van der Waals surface area contributed by atoms with Crippen LogP contribution in [0.3, 0.4) is 0 Å². The summed E-state index contributed by atoms with van der Waals surface area (Å²) in [4.78, 5) is 26.8. The van der Waals surface area contributed by atoms with Gasteiger partial charge in [-0.25, -0.2) is 4.79 Å². The van der Waals surface area contributed by atoms with Crippen LogP contribution < -0.4 is 21.3 Å². The van der Waals surface area contributed by atoms with Crippen LogP contribution in [0.1, 0.15) is 17.3 Å². The molecule has 0 fully saturated rings. The summed E-state index contributed by atoms with van der Waals surface area (Å²) in [7, 11) is 4.66. The molecule has 2 N–H and O–H groups in total. The first kappa shape index (κ1) is 21.8. The molecule has 8 nitrogen and oxygen atoms in total. The van der Waals surface area contributed by atoms with E-state index in [1.54, 1.807) is 13.1 Å². The van der Waals surface area contributed by atoms with Crippen molar-refractivity contribution < 1.29 is 9.84 Å². The molecule has 180 valence electrons. The number of aromatic hydroxyl groups is 1. The van der Waals surface area contributed by atoms with Crippen molar-refractivity contribution in [3.05, 3.63) is 105 Å². The predicted molar refractivity (Wildman–Crippen MR) is 139 cm³/mol. The van der Waals surface area contributed by atoms with Gasteiger partial charge in [-0.3, -0.25) is 13.9 Å². The van der Waals surface area contributed by atoms with Crippen LogP contribution in [0.2, 0.25) is 0 Å². The van der Waals surface area contributed by atoms with E-state index in [4.69, 9.17) is 4.74 Å². The van der Waals surface area contributed by atoms with Crippen LogP contribution in [0.5, 0.6) is 11.5 Å². The van der Waals surface area contributed by atoms with Crippen LogP contribution in [0.4, 0.5) is 5.69 Å². The zero-order valence-corrected chi connectivity index (χ0v) is 20.0. The van der Waals surface area contributed by atoms with E-state index < -0.39 is 11.7 Å². The first-order valence-corrected chi connectivity index (χ1v) is 11.6. The Morgan fingerprint density at radius 1 is 0.889 bits per heavy atom. The normalized spacial score (nSPS) is 14.2. The molecule has 0 radical (unpaired) electrons. The van der Waals surface area contributed by atoms with Crippen LogP contribution in [-0.4, -0.2) is 25.9 Å². The molecule has 3 aromatic carbocycles. The van der Waals surface area contributed by atoms with Crippen molar-refractivity contribution in [2.45, 2.75) is 6.04 Å². The number of phenols is 1. The third kappa shape index (κ3) is 2.87. The summed E-state index contributed by atoms with van der Waals surface area (Å²) < 4.78 is 10.1. The fraction of sp³-hybridized carbons (Fsp3) is 0.143. The number of benzene rings is 3. The summed E-state index contributed by atoms with van der Waals surface area (Å²) >= 11 is 0. The minimum absolute atomic E-state index is 0.00660. The van der Waals surface area contributed by atoms with E-state index >= 15 is 0 Å². The SMILES string of the molecule is COc1cccc([C@@H]2Nc3ccccc3-n3c(-c4ccccc4)c4c(=O)n(C)c(=O)n(C)c4c32)c1O. The minimum atomic E-state index is -0.576. The van der Waals surface area contributed by atoms with Crippen LogP contribution >= 0.6 is 0 Å². The number of phenolic OH excluding ortho intramolecular Hbond substituents is 1. The summed E-state index contributed by atoms with van der Waals surface area (Å²) in [6.45, 7) is 0. The number of fused-ring (bicyclic) bond motifs is 5. The van der Waals surface area contributed by atoms with Gasteiger partial charge in [0.25, 0.3) is 5.56 Å². The molecule has 0 bridgehead atoms. The highest BCUT2D eigenvalue weighted by atomic mass is 16.5. The Morgan fingerprint density at radius 2 is 1.61 bits per heavy atom. The van der Waals surface area contributed by atoms with Gasteiger partial charge in [0.05, 0.1) is 46.8 Å². The number of anilines is 1. The monoisotopic (exact) mass is 480 g/mol. The lowest BCUT2D eigenvalue weighted by Gasteiger charge is -2.31. The van der Waals surface area contributed by atoms with E-state index in [1.807, 2.05) is 71.3 Å². The number of nitrogens with zero attached hydrogens (tertiary/aromatic N) is 3. The molecule has 0 saturated carbocycles. The number of aryl methyl sites for hydroxylation is 1. The zero-order valence-electron chi connectivity index (χ0n) is 20.0. The molecule has 3 heterocycles. The average molecular weight is 481 g/mol. The van der Waals surface area contributed by atoms with Crippen LogP contribution in [-0.2, 0) is 14.1 Å². The molecule has 5 aromatic rings. The number of para-hydroxylation sites is 3. The Morgan fingerprint density at radius 3 is 2.36 bits per heavy atom. The molecule has 0 aliphatic carbocycles. The minimum Gasteiger partial charge on any atom is -0.504 e. The van der Waals surface area contributed by atoms with Gasteiger partial charge in [0.1, 0.15) is 0 Å². The van der Waals surface area contributed by atoms with Crippen molar-refractivity contribution in [2.24, 2.45) is 14.1 Å². The van der Waals surface area contributed by atoms with Crippen molar-refractivity contribution in [2.75, 3.05) is 12.4 Å². The zero-order chi connectivity index (χ0) is 25.1.